The van der Waals surface area contributed by atoms with E-state index < -0.39 is 30.1 Å². The number of amides is 2. The van der Waals surface area contributed by atoms with Gasteiger partial charge in [-0.25, -0.2) is 4.79 Å². The van der Waals surface area contributed by atoms with Crippen molar-refractivity contribution in [2.75, 3.05) is 16.8 Å². The Morgan fingerprint density at radius 2 is 1.86 bits per heavy atom. The van der Waals surface area contributed by atoms with Gasteiger partial charge in [0.15, 0.2) is 12.7 Å². The molecule has 2 aromatic rings. The molecule has 1 aliphatic rings. The number of esters is 1. The predicted molar refractivity (Wildman–Crippen MR) is 109 cm³/mol. The third-order valence-electron chi connectivity index (χ3n) is 4.73. The van der Waals surface area contributed by atoms with Crippen molar-refractivity contribution in [3.63, 3.8) is 0 Å². The molecule has 1 N–H and O–H groups in total. The lowest BCUT2D eigenvalue weighted by molar-refractivity contribution is -0.154. The molecule has 1 atom stereocenters. The van der Waals surface area contributed by atoms with Crippen LogP contribution in [0.25, 0.3) is 0 Å². The lowest BCUT2D eigenvalue weighted by atomic mass is 9.96. The molecular formula is C22H24N2O5. The molecule has 0 spiro atoms. The first-order chi connectivity index (χ1) is 13.7. The lowest BCUT2D eigenvalue weighted by Gasteiger charge is -2.41. The number of carbonyl (C=O) groups excluding carboxylic acids is 3. The average molecular weight is 396 g/mol. The van der Waals surface area contributed by atoms with Crippen LogP contribution in [-0.2, 0) is 19.1 Å². The van der Waals surface area contributed by atoms with Crippen LogP contribution < -0.4 is 15.0 Å². The zero-order valence-electron chi connectivity index (χ0n) is 16.9. The molecule has 7 nitrogen and oxygen atoms in total. The Bertz CT molecular complexity index is 954. The number of fused-ring (bicyclic) bond motifs is 1. The lowest BCUT2D eigenvalue weighted by Crippen LogP contribution is -2.59. The van der Waals surface area contributed by atoms with Crippen LogP contribution in [0.1, 0.15) is 26.3 Å². The first-order valence-electron chi connectivity index (χ1n) is 9.33. The minimum atomic E-state index is -1.12. The fraction of sp³-hybridized carbons (Fsp3) is 0.318. The van der Waals surface area contributed by atoms with Crippen LogP contribution >= 0.6 is 0 Å². The van der Waals surface area contributed by atoms with Gasteiger partial charge in [-0.3, -0.25) is 14.5 Å². The number of nitrogens with one attached hydrogen (secondary N) is 1. The average Bonchev–Trinajstić information content (AvgIpc) is 2.66. The molecule has 0 aromatic heterocycles. The van der Waals surface area contributed by atoms with Gasteiger partial charge in [0.2, 0.25) is 5.91 Å². The summed E-state index contributed by atoms with van der Waals surface area (Å²) in [7, 11) is 0. The van der Waals surface area contributed by atoms with Crippen molar-refractivity contribution in [3.05, 3.63) is 54.1 Å². The van der Waals surface area contributed by atoms with Gasteiger partial charge in [0.1, 0.15) is 11.3 Å². The van der Waals surface area contributed by atoms with E-state index in [2.05, 4.69) is 5.32 Å². The number of benzene rings is 2. The van der Waals surface area contributed by atoms with E-state index in [-0.39, 0.29) is 5.91 Å². The number of aryl methyl sites for hydroxylation is 1. The molecule has 0 unspecified atom stereocenters. The van der Waals surface area contributed by atoms with Gasteiger partial charge in [0.05, 0.1) is 11.4 Å². The third-order valence-corrected chi connectivity index (χ3v) is 4.73. The number of hydrogen-bond acceptors (Lipinski definition) is 5. The summed E-state index contributed by atoms with van der Waals surface area (Å²) in [6.45, 7) is 6.26. The Labute approximate surface area is 169 Å². The number of rotatable bonds is 5. The summed E-state index contributed by atoms with van der Waals surface area (Å²) in [5.74, 6) is -0.920. The van der Waals surface area contributed by atoms with E-state index in [4.69, 9.17) is 9.47 Å². The van der Waals surface area contributed by atoms with Crippen molar-refractivity contribution in [2.45, 2.75) is 39.3 Å². The highest BCUT2D eigenvalue weighted by atomic mass is 16.6. The molecule has 29 heavy (non-hydrogen) atoms. The predicted octanol–water partition coefficient (Wildman–Crippen LogP) is 3.07. The maximum absolute atomic E-state index is 12.9. The normalized spacial score (nSPS) is 15.7. The Morgan fingerprint density at radius 1 is 1.14 bits per heavy atom. The molecule has 1 aliphatic heterocycles. The number of carbonyl (C=O) groups is 3. The second-order valence-corrected chi connectivity index (χ2v) is 7.44. The molecule has 1 heterocycles. The van der Waals surface area contributed by atoms with Crippen LogP contribution in [0, 0.1) is 6.92 Å². The van der Waals surface area contributed by atoms with E-state index in [0.29, 0.717) is 17.1 Å². The van der Waals surface area contributed by atoms with E-state index in [9.17, 15) is 14.4 Å². The van der Waals surface area contributed by atoms with Crippen molar-refractivity contribution in [2.24, 2.45) is 0 Å². The Balaban J connectivity index is 1.68. The molecule has 0 radical (unpaired) electrons. The Hall–Kier alpha value is -3.35. The summed E-state index contributed by atoms with van der Waals surface area (Å²) in [6.07, 6.45) is -0.880. The quantitative estimate of drug-likeness (QED) is 0.785. The van der Waals surface area contributed by atoms with Crippen molar-refractivity contribution in [1.29, 1.82) is 0 Å². The van der Waals surface area contributed by atoms with Gasteiger partial charge in [-0.2, -0.15) is 0 Å². The minimum absolute atomic E-state index is 0.313. The molecular weight excluding hydrogens is 372 g/mol. The Kier molecular flexibility index (Phi) is 5.59. The summed E-state index contributed by atoms with van der Waals surface area (Å²) in [6, 6.07) is 14.3. The van der Waals surface area contributed by atoms with E-state index in [0.717, 1.165) is 5.56 Å². The molecule has 0 aliphatic carbocycles. The van der Waals surface area contributed by atoms with Gasteiger partial charge in [0, 0.05) is 0 Å². The first kappa shape index (κ1) is 20.4. The topological polar surface area (TPSA) is 84.9 Å². The summed E-state index contributed by atoms with van der Waals surface area (Å²) < 4.78 is 10.8. The van der Waals surface area contributed by atoms with Crippen LogP contribution in [0.5, 0.6) is 5.75 Å². The van der Waals surface area contributed by atoms with E-state index in [1.54, 1.807) is 57.2 Å². The number of anilines is 2. The summed E-state index contributed by atoms with van der Waals surface area (Å²) in [5.41, 5.74) is 0.971. The van der Waals surface area contributed by atoms with Gasteiger partial charge in [-0.05, 0) is 57.5 Å². The van der Waals surface area contributed by atoms with Gasteiger partial charge in [-0.15, -0.1) is 0 Å². The van der Waals surface area contributed by atoms with Crippen molar-refractivity contribution in [3.8, 4) is 5.75 Å². The first-order valence-corrected chi connectivity index (χ1v) is 9.33. The largest absolute Gasteiger partial charge is 0.479 e. The highest BCUT2D eigenvalue weighted by Crippen LogP contribution is 2.36. The minimum Gasteiger partial charge on any atom is -0.479 e. The fourth-order valence-electron chi connectivity index (χ4n) is 3.15. The maximum Gasteiger partial charge on any atom is 0.347 e. The highest BCUT2D eigenvalue weighted by Gasteiger charge is 2.43. The number of hydrogen-bond donors (Lipinski definition) is 1. The molecule has 0 saturated carbocycles. The van der Waals surface area contributed by atoms with E-state index >= 15 is 0 Å². The van der Waals surface area contributed by atoms with Crippen molar-refractivity contribution in [1.82, 2.24) is 0 Å². The molecule has 2 amide bonds. The van der Waals surface area contributed by atoms with Crippen molar-refractivity contribution < 1.29 is 23.9 Å². The summed E-state index contributed by atoms with van der Waals surface area (Å²) in [4.78, 5) is 39.0. The van der Waals surface area contributed by atoms with E-state index in [1.165, 1.54) is 4.90 Å². The van der Waals surface area contributed by atoms with Crippen molar-refractivity contribution >= 4 is 29.2 Å². The van der Waals surface area contributed by atoms with Gasteiger partial charge in [-0.1, -0.05) is 24.3 Å². The van der Waals surface area contributed by atoms with Gasteiger partial charge < -0.3 is 14.8 Å². The zero-order chi connectivity index (χ0) is 21.2. The fourth-order valence-corrected chi connectivity index (χ4v) is 3.15. The van der Waals surface area contributed by atoms with Crippen LogP contribution in [0.4, 0.5) is 11.4 Å². The van der Waals surface area contributed by atoms with Crippen LogP contribution in [-0.4, -0.2) is 36.0 Å². The maximum atomic E-state index is 12.9. The third kappa shape index (κ3) is 4.23. The summed E-state index contributed by atoms with van der Waals surface area (Å²) in [5, 5.41) is 2.79. The Morgan fingerprint density at radius 3 is 2.59 bits per heavy atom. The monoisotopic (exact) mass is 396 g/mol. The van der Waals surface area contributed by atoms with Crippen LogP contribution in [0.2, 0.25) is 0 Å². The molecule has 152 valence electrons. The molecule has 3 rings (SSSR count). The second kappa shape index (κ2) is 7.95. The second-order valence-electron chi connectivity index (χ2n) is 7.44. The molecule has 7 heteroatoms. The molecule has 0 fully saturated rings. The number of nitrogens with zero attached hydrogens (tertiary/aromatic N) is 1. The van der Waals surface area contributed by atoms with Gasteiger partial charge >= 0.3 is 5.97 Å². The van der Waals surface area contributed by atoms with Crippen LogP contribution in [0.3, 0.4) is 0 Å². The van der Waals surface area contributed by atoms with E-state index in [1.807, 2.05) is 19.1 Å². The summed E-state index contributed by atoms with van der Waals surface area (Å²) >= 11 is 0. The SMILES string of the molecule is Cc1cccc(O[C@H](C)C(=O)OCC(=O)N2c3ccccc3NC(=O)C2(C)C)c1. The molecule has 0 bridgehead atoms. The number of ether oxygens (including phenoxy) is 2. The smallest absolute Gasteiger partial charge is 0.347 e. The van der Waals surface area contributed by atoms with Crippen LogP contribution in [0.15, 0.2) is 48.5 Å². The standard InChI is InChI=1S/C22H24N2O5/c1-14-8-7-9-16(12-14)29-15(2)20(26)28-13-19(25)24-18-11-6-5-10-17(18)23-21(27)22(24,3)4/h5-12,15H,13H2,1-4H3,(H,23,27)/t15-/m1/s1. The number of para-hydroxylation sites is 2. The molecule has 0 saturated heterocycles. The zero-order valence-corrected chi connectivity index (χ0v) is 16.9. The highest BCUT2D eigenvalue weighted by molar-refractivity contribution is 6.14. The van der Waals surface area contributed by atoms with Gasteiger partial charge in [0.25, 0.3) is 5.91 Å². The molecule has 2 aromatic carbocycles.